The van der Waals surface area contributed by atoms with Gasteiger partial charge in [-0.1, -0.05) is 17.7 Å². The van der Waals surface area contributed by atoms with Gasteiger partial charge in [-0.05, 0) is 31.3 Å². The number of rotatable bonds is 2. The van der Waals surface area contributed by atoms with Crippen LogP contribution in [0.15, 0.2) is 24.3 Å². The van der Waals surface area contributed by atoms with Crippen molar-refractivity contribution in [2.45, 2.75) is 19.1 Å². The average Bonchev–Trinajstić information content (AvgIpc) is 2.64. The summed E-state index contributed by atoms with van der Waals surface area (Å²) in [6, 6.07) is 7.22. The SMILES string of the molecule is Cc1ccc(NC(=S)N(C)[C@@H]2CS(=O)(=O)C[C@@H]2O)cc1. The van der Waals surface area contributed by atoms with Gasteiger partial charge in [0.1, 0.15) is 0 Å². The predicted octanol–water partition coefficient (Wildman–Crippen LogP) is 0.782. The van der Waals surface area contributed by atoms with E-state index < -0.39 is 22.0 Å². The molecule has 0 saturated carbocycles. The summed E-state index contributed by atoms with van der Waals surface area (Å²) in [6.07, 6.45) is -0.900. The number of aryl methyl sites for hydroxylation is 1. The van der Waals surface area contributed by atoms with Gasteiger partial charge in [0.15, 0.2) is 14.9 Å². The molecule has 0 aliphatic carbocycles. The van der Waals surface area contributed by atoms with Crippen LogP contribution in [0, 0.1) is 6.92 Å². The molecule has 0 bridgehead atoms. The molecule has 1 heterocycles. The Morgan fingerprint density at radius 2 is 1.95 bits per heavy atom. The molecule has 2 rings (SSSR count). The zero-order chi connectivity index (χ0) is 14.9. The first-order valence-electron chi connectivity index (χ1n) is 6.27. The summed E-state index contributed by atoms with van der Waals surface area (Å²) in [5.41, 5.74) is 1.98. The van der Waals surface area contributed by atoms with Gasteiger partial charge >= 0.3 is 0 Å². The maximum atomic E-state index is 11.5. The highest BCUT2D eigenvalue weighted by atomic mass is 32.2. The van der Waals surface area contributed by atoms with Gasteiger partial charge in [-0.15, -0.1) is 0 Å². The molecule has 1 aliphatic heterocycles. The molecule has 0 aromatic heterocycles. The molecule has 1 aromatic carbocycles. The van der Waals surface area contributed by atoms with Crippen molar-refractivity contribution in [2.24, 2.45) is 0 Å². The normalized spacial score (nSPS) is 24.4. The van der Waals surface area contributed by atoms with E-state index in [2.05, 4.69) is 5.32 Å². The van der Waals surface area contributed by atoms with E-state index in [-0.39, 0.29) is 11.5 Å². The number of aliphatic hydroxyl groups is 1. The van der Waals surface area contributed by atoms with Crippen molar-refractivity contribution >= 4 is 32.9 Å². The van der Waals surface area contributed by atoms with Crippen molar-refractivity contribution in [3.63, 3.8) is 0 Å². The fourth-order valence-electron chi connectivity index (χ4n) is 2.18. The van der Waals surface area contributed by atoms with Crippen LogP contribution in [0.1, 0.15) is 5.56 Å². The van der Waals surface area contributed by atoms with E-state index in [4.69, 9.17) is 12.2 Å². The lowest BCUT2D eigenvalue weighted by Crippen LogP contribution is -2.45. The van der Waals surface area contributed by atoms with Crippen LogP contribution in [-0.2, 0) is 9.84 Å². The number of hydrogen-bond donors (Lipinski definition) is 2. The summed E-state index contributed by atoms with van der Waals surface area (Å²) in [5.74, 6) is -0.268. The largest absolute Gasteiger partial charge is 0.390 e. The van der Waals surface area contributed by atoms with Gasteiger partial charge in [0.2, 0.25) is 0 Å². The van der Waals surface area contributed by atoms with Gasteiger partial charge in [-0.2, -0.15) is 0 Å². The van der Waals surface area contributed by atoms with E-state index in [0.29, 0.717) is 5.11 Å². The van der Waals surface area contributed by atoms with Crippen LogP contribution in [0.4, 0.5) is 5.69 Å². The average molecular weight is 314 g/mol. The molecular weight excluding hydrogens is 296 g/mol. The Morgan fingerprint density at radius 3 is 2.45 bits per heavy atom. The molecule has 1 aromatic rings. The minimum atomic E-state index is -3.18. The van der Waals surface area contributed by atoms with E-state index in [1.807, 2.05) is 31.2 Å². The summed E-state index contributed by atoms with van der Waals surface area (Å²) in [7, 11) is -1.49. The molecule has 0 unspecified atom stereocenters. The van der Waals surface area contributed by atoms with E-state index in [1.165, 1.54) is 0 Å². The lowest BCUT2D eigenvalue weighted by atomic mass is 10.2. The molecule has 7 heteroatoms. The lowest BCUT2D eigenvalue weighted by Gasteiger charge is -2.28. The molecule has 1 aliphatic rings. The maximum absolute atomic E-state index is 11.5. The molecule has 2 N–H and O–H groups in total. The Morgan fingerprint density at radius 1 is 1.35 bits per heavy atom. The quantitative estimate of drug-likeness (QED) is 0.786. The second kappa shape index (κ2) is 5.67. The number of nitrogens with one attached hydrogen (secondary N) is 1. The van der Waals surface area contributed by atoms with Crippen LogP contribution < -0.4 is 5.32 Å². The highest BCUT2D eigenvalue weighted by molar-refractivity contribution is 7.91. The monoisotopic (exact) mass is 314 g/mol. The zero-order valence-electron chi connectivity index (χ0n) is 11.4. The molecule has 20 heavy (non-hydrogen) atoms. The van der Waals surface area contributed by atoms with Crippen LogP contribution in [0.2, 0.25) is 0 Å². The molecule has 110 valence electrons. The third-order valence-corrected chi connectivity index (χ3v) is 5.50. The Kier molecular flexibility index (Phi) is 4.31. The molecule has 0 radical (unpaired) electrons. The summed E-state index contributed by atoms with van der Waals surface area (Å²) >= 11 is 5.26. The van der Waals surface area contributed by atoms with Crippen LogP contribution >= 0.6 is 12.2 Å². The Hall–Kier alpha value is -1.18. The highest BCUT2D eigenvalue weighted by Crippen LogP contribution is 2.18. The second-order valence-electron chi connectivity index (χ2n) is 5.12. The molecule has 1 saturated heterocycles. The van der Waals surface area contributed by atoms with Crippen molar-refractivity contribution in [1.29, 1.82) is 0 Å². The van der Waals surface area contributed by atoms with Crippen LogP contribution in [0.25, 0.3) is 0 Å². The number of thiocarbonyl (C=S) groups is 1. The first-order chi connectivity index (χ1) is 9.28. The van der Waals surface area contributed by atoms with Gasteiger partial charge in [-0.25, -0.2) is 8.42 Å². The minimum absolute atomic E-state index is 0.0691. The number of sulfone groups is 1. The maximum Gasteiger partial charge on any atom is 0.173 e. The third kappa shape index (κ3) is 3.47. The minimum Gasteiger partial charge on any atom is -0.390 e. The van der Waals surface area contributed by atoms with E-state index >= 15 is 0 Å². The van der Waals surface area contributed by atoms with Gasteiger partial charge in [0, 0.05) is 12.7 Å². The number of anilines is 1. The Bertz CT molecular complexity index is 599. The topological polar surface area (TPSA) is 69.6 Å². The summed E-state index contributed by atoms with van der Waals surface area (Å²) in [5, 5.41) is 13.3. The summed E-state index contributed by atoms with van der Waals surface area (Å²) < 4.78 is 23.0. The Labute approximate surface area is 124 Å². The summed E-state index contributed by atoms with van der Waals surface area (Å²) in [4.78, 5) is 1.62. The molecule has 5 nitrogen and oxygen atoms in total. The van der Waals surface area contributed by atoms with Crippen molar-refractivity contribution in [3.8, 4) is 0 Å². The molecule has 2 atom stereocenters. The van der Waals surface area contributed by atoms with Gasteiger partial charge in [0.25, 0.3) is 0 Å². The van der Waals surface area contributed by atoms with Crippen LogP contribution in [0.3, 0.4) is 0 Å². The fourth-order valence-corrected chi connectivity index (χ4v) is 4.28. The van der Waals surface area contributed by atoms with Gasteiger partial charge in [0.05, 0.1) is 23.7 Å². The fraction of sp³-hybridized carbons (Fsp3) is 0.462. The molecular formula is C13H18N2O3S2. The van der Waals surface area contributed by atoms with Crippen molar-refractivity contribution in [1.82, 2.24) is 4.90 Å². The first-order valence-corrected chi connectivity index (χ1v) is 8.50. The second-order valence-corrected chi connectivity index (χ2v) is 7.66. The summed E-state index contributed by atoms with van der Waals surface area (Å²) in [6.45, 7) is 1.99. The predicted molar refractivity (Wildman–Crippen MR) is 83.6 cm³/mol. The molecule has 0 amide bonds. The zero-order valence-corrected chi connectivity index (χ0v) is 13.0. The first kappa shape index (κ1) is 15.2. The number of benzene rings is 1. The van der Waals surface area contributed by atoms with Crippen LogP contribution in [0.5, 0.6) is 0 Å². The van der Waals surface area contributed by atoms with Crippen molar-refractivity contribution in [2.75, 3.05) is 23.9 Å². The smallest absolute Gasteiger partial charge is 0.173 e. The Balaban J connectivity index is 2.04. The number of hydrogen-bond acceptors (Lipinski definition) is 4. The third-order valence-electron chi connectivity index (χ3n) is 3.41. The van der Waals surface area contributed by atoms with Gasteiger partial charge in [-0.3, -0.25) is 0 Å². The van der Waals surface area contributed by atoms with Gasteiger partial charge < -0.3 is 15.3 Å². The number of aliphatic hydroxyl groups excluding tert-OH is 1. The molecule has 0 spiro atoms. The number of likely N-dealkylation sites (N-methyl/N-ethyl adjacent to an activating group) is 1. The molecule has 1 fully saturated rings. The highest BCUT2D eigenvalue weighted by Gasteiger charge is 2.39. The van der Waals surface area contributed by atoms with Crippen molar-refractivity contribution in [3.05, 3.63) is 29.8 Å². The van der Waals surface area contributed by atoms with E-state index in [0.717, 1.165) is 11.3 Å². The van der Waals surface area contributed by atoms with E-state index in [1.54, 1.807) is 11.9 Å². The standard InChI is InChI=1S/C13H18N2O3S2/c1-9-3-5-10(6-4-9)14-13(19)15(2)11-7-20(17,18)8-12(11)16/h3-6,11-12,16H,7-8H2,1-2H3,(H,14,19)/t11-,12+/m1/s1. The number of nitrogens with zero attached hydrogens (tertiary/aromatic N) is 1. The van der Waals surface area contributed by atoms with Crippen molar-refractivity contribution < 1.29 is 13.5 Å². The van der Waals surface area contributed by atoms with Crippen LogP contribution in [-0.4, -0.2) is 54.2 Å². The van der Waals surface area contributed by atoms with E-state index in [9.17, 15) is 13.5 Å². The lowest BCUT2D eigenvalue weighted by molar-refractivity contribution is 0.134.